The molecule has 3 aliphatic heterocycles. The van der Waals surface area contributed by atoms with E-state index in [2.05, 4.69) is 58.5 Å². The maximum absolute atomic E-state index is 2.37. The van der Waals surface area contributed by atoms with E-state index in [4.69, 9.17) is 0 Å². The van der Waals surface area contributed by atoms with Crippen LogP contribution in [0.2, 0.25) is 0 Å². The average molecular weight is 170 g/mol. The Bertz CT molecular complexity index is 298. The van der Waals surface area contributed by atoms with Crippen molar-refractivity contribution in [2.24, 2.45) is 0 Å². The molecule has 0 saturated carbocycles. The first kappa shape index (κ1) is 7.07. The van der Waals surface area contributed by atoms with Crippen molar-refractivity contribution in [1.29, 1.82) is 0 Å². The lowest BCUT2D eigenvalue weighted by Crippen LogP contribution is -2.37. The minimum Gasteiger partial charge on any atom is -0.399 e. The monoisotopic (exact) mass is 170 g/mol. The lowest BCUT2D eigenvalue weighted by atomic mass is 9.54. The topological polar surface area (TPSA) is 6.48 Å². The van der Waals surface area contributed by atoms with Gasteiger partial charge in [-0.2, -0.15) is 0 Å². The third kappa shape index (κ3) is 0.965. The number of hydrogen-bond acceptors (Lipinski definition) is 2. The molecule has 64 valence electrons. The summed E-state index contributed by atoms with van der Waals surface area (Å²) in [5.41, 5.74) is 0. The Kier molecular flexibility index (Phi) is 1.39. The third-order valence-electron chi connectivity index (χ3n) is 2.84. The van der Waals surface area contributed by atoms with Gasteiger partial charge in [0.1, 0.15) is 0 Å². The molecule has 13 heavy (non-hydrogen) atoms. The van der Waals surface area contributed by atoms with Crippen LogP contribution < -0.4 is 0 Å². The maximum Gasteiger partial charge on any atom is 0.309 e. The van der Waals surface area contributed by atoms with Crippen molar-refractivity contribution in [3.63, 3.8) is 0 Å². The number of fused-ring (bicyclic) bond motifs is 3. The summed E-state index contributed by atoms with van der Waals surface area (Å²) in [6.07, 6.45) is 15.1. The Hall–Kier alpha value is -1.38. The van der Waals surface area contributed by atoms with Gasteiger partial charge in [0.15, 0.2) is 0 Å². The van der Waals surface area contributed by atoms with E-state index in [1.807, 2.05) is 0 Å². The Balaban J connectivity index is 1.95. The van der Waals surface area contributed by atoms with Crippen LogP contribution >= 0.6 is 0 Å². The molecule has 0 aromatic heterocycles. The Morgan fingerprint density at radius 3 is 3.00 bits per heavy atom. The van der Waals surface area contributed by atoms with Crippen LogP contribution in [0.15, 0.2) is 48.8 Å². The van der Waals surface area contributed by atoms with Crippen LogP contribution in [-0.4, -0.2) is 29.2 Å². The highest BCUT2D eigenvalue weighted by Crippen LogP contribution is 2.24. The van der Waals surface area contributed by atoms with Gasteiger partial charge in [0.2, 0.25) is 0 Å². The maximum atomic E-state index is 2.37. The van der Waals surface area contributed by atoms with Crippen LogP contribution in [0.25, 0.3) is 0 Å². The van der Waals surface area contributed by atoms with Crippen LogP contribution in [0.3, 0.4) is 0 Å². The fourth-order valence-corrected chi connectivity index (χ4v) is 2.19. The van der Waals surface area contributed by atoms with Gasteiger partial charge < -0.3 is 9.71 Å². The minimum atomic E-state index is 0.534. The Morgan fingerprint density at radius 1 is 1.08 bits per heavy atom. The highest BCUT2D eigenvalue weighted by Gasteiger charge is 2.38. The minimum absolute atomic E-state index is 0.534. The van der Waals surface area contributed by atoms with Crippen LogP contribution in [0, 0.1) is 0 Å². The average Bonchev–Trinajstić information content (AvgIpc) is 2.56. The molecule has 0 amide bonds. The molecule has 3 heterocycles. The predicted octanol–water partition coefficient (Wildman–Crippen LogP) is 1.17. The lowest BCUT2D eigenvalue weighted by molar-refractivity contribution is 0.354. The SMILES string of the molecule is C1=CB2C3C=CC=CN3CN2C=C1. The molecule has 0 aromatic carbocycles. The zero-order valence-electron chi connectivity index (χ0n) is 7.38. The highest BCUT2D eigenvalue weighted by atomic mass is 15.3. The number of nitrogens with zero attached hydrogens (tertiary/aromatic N) is 2. The number of rotatable bonds is 0. The van der Waals surface area contributed by atoms with Gasteiger partial charge in [0.05, 0.1) is 12.6 Å². The van der Waals surface area contributed by atoms with Crippen LogP contribution in [0.5, 0.6) is 0 Å². The van der Waals surface area contributed by atoms with Crippen LogP contribution in [-0.2, 0) is 0 Å². The molecule has 3 rings (SSSR count). The van der Waals surface area contributed by atoms with Gasteiger partial charge in [0, 0.05) is 6.20 Å². The van der Waals surface area contributed by atoms with E-state index in [-0.39, 0.29) is 0 Å². The predicted molar refractivity (Wildman–Crippen MR) is 54.6 cm³/mol. The van der Waals surface area contributed by atoms with Crippen molar-refractivity contribution >= 4 is 6.85 Å². The quantitative estimate of drug-likeness (QED) is 0.503. The van der Waals surface area contributed by atoms with E-state index in [0.717, 1.165) is 6.67 Å². The second-order valence-corrected chi connectivity index (χ2v) is 3.60. The second kappa shape index (κ2) is 2.56. The first-order chi connectivity index (χ1) is 6.45. The molecular weight excluding hydrogens is 159 g/mol. The standard InChI is InChI=1S/C10H11BN2/c1-3-7-12-9-13-8-4-2-6-11(13)10(12)5-1/h1-8,10H,9H2. The van der Waals surface area contributed by atoms with E-state index >= 15 is 0 Å². The van der Waals surface area contributed by atoms with E-state index in [0.29, 0.717) is 12.8 Å². The molecule has 2 nitrogen and oxygen atoms in total. The van der Waals surface area contributed by atoms with Crippen LogP contribution in [0.4, 0.5) is 0 Å². The molecule has 0 spiro atoms. The lowest BCUT2D eigenvalue weighted by Gasteiger charge is -2.21. The van der Waals surface area contributed by atoms with Crippen LogP contribution in [0.1, 0.15) is 0 Å². The van der Waals surface area contributed by atoms with Gasteiger partial charge >= 0.3 is 6.85 Å². The molecule has 1 atom stereocenters. The number of allylic oxidation sites excluding steroid dienone is 4. The summed E-state index contributed by atoms with van der Waals surface area (Å²) in [6.45, 7) is 1.54. The molecule has 0 aliphatic carbocycles. The summed E-state index contributed by atoms with van der Waals surface area (Å²) in [5, 5.41) is 0. The fourth-order valence-electron chi connectivity index (χ4n) is 2.19. The van der Waals surface area contributed by atoms with Crippen molar-refractivity contribution in [3.05, 3.63) is 48.8 Å². The summed E-state index contributed by atoms with van der Waals surface area (Å²) in [5.74, 6) is 2.81. The van der Waals surface area contributed by atoms with Crippen molar-refractivity contribution < 1.29 is 0 Å². The molecule has 1 fully saturated rings. The molecular formula is C10H11BN2. The fraction of sp³-hybridized carbons (Fsp3) is 0.200. The summed E-state index contributed by atoms with van der Waals surface area (Å²) >= 11 is 0. The van der Waals surface area contributed by atoms with Gasteiger partial charge in [-0.3, -0.25) is 0 Å². The van der Waals surface area contributed by atoms with Crippen molar-refractivity contribution in [2.45, 2.75) is 5.94 Å². The first-order valence-corrected chi connectivity index (χ1v) is 4.67. The van der Waals surface area contributed by atoms with E-state index in [1.54, 1.807) is 0 Å². The van der Waals surface area contributed by atoms with Crippen molar-refractivity contribution in [2.75, 3.05) is 6.67 Å². The zero-order chi connectivity index (χ0) is 8.67. The van der Waals surface area contributed by atoms with E-state index < -0.39 is 0 Å². The molecule has 0 bridgehead atoms. The molecule has 0 radical (unpaired) electrons. The second-order valence-electron chi connectivity index (χ2n) is 3.60. The Morgan fingerprint density at radius 2 is 2.00 bits per heavy atom. The van der Waals surface area contributed by atoms with Gasteiger partial charge in [-0.25, -0.2) is 0 Å². The van der Waals surface area contributed by atoms with Crippen molar-refractivity contribution in [3.8, 4) is 0 Å². The van der Waals surface area contributed by atoms with Crippen molar-refractivity contribution in [1.82, 2.24) is 9.71 Å². The summed E-state index contributed by atoms with van der Waals surface area (Å²) in [4.78, 5) is 4.73. The van der Waals surface area contributed by atoms with E-state index in [1.165, 1.54) is 0 Å². The Labute approximate surface area is 78.6 Å². The molecule has 3 aliphatic rings. The molecule has 3 heteroatoms. The molecule has 0 N–H and O–H groups in total. The van der Waals surface area contributed by atoms with Gasteiger partial charge in [-0.15, -0.1) is 0 Å². The highest BCUT2D eigenvalue weighted by molar-refractivity contribution is 6.65. The number of hydrogen-bond donors (Lipinski definition) is 0. The zero-order valence-corrected chi connectivity index (χ0v) is 7.38. The molecule has 0 aromatic rings. The normalized spacial score (nSPS) is 28.3. The smallest absolute Gasteiger partial charge is 0.309 e. The first-order valence-electron chi connectivity index (χ1n) is 4.67. The molecule has 1 unspecified atom stereocenters. The van der Waals surface area contributed by atoms with Gasteiger partial charge in [0.25, 0.3) is 0 Å². The summed E-state index contributed by atoms with van der Waals surface area (Å²) in [6, 6.07) is 0. The van der Waals surface area contributed by atoms with E-state index in [9.17, 15) is 0 Å². The summed E-state index contributed by atoms with van der Waals surface area (Å²) < 4.78 is 0. The largest absolute Gasteiger partial charge is 0.399 e. The van der Waals surface area contributed by atoms with Gasteiger partial charge in [-0.1, -0.05) is 24.2 Å². The molecule has 1 saturated heterocycles. The third-order valence-corrected chi connectivity index (χ3v) is 2.84. The van der Waals surface area contributed by atoms with Gasteiger partial charge in [-0.05, 0) is 18.4 Å². The summed E-state index contributed by atoms with van der Waals surface area (Å²) in [7, 11) is 0.